The highest BCUT2D eigenvalue weighted by Crippen LogP contribution is 2.29. The highest BCUT2D eigenvalue weighted by Gasteiger charge is 2.18. The molecule has 0 aromatic heterocycles. The van der Waals surface area contributed by atoms with Crippen LogP contribution in [0.3, 0.4) is 0 Å². The number of hydrogen-bond acceptors (Lipinski definition) is 2. The second-order valence-corrected chi connectivity index (χ2v) is 6.08. The van der Waals surface area contributed by atoms with E-state index in [2.05, 4.69) is 51.2 Å². The number of aryl methyl sites for hydroxylation is 2. The van der Waals surface area contributed by atoms with E-state index >= 15 is 0 Å². The first-order chi connectivity index (χ1) is 8.98. The molecule has 0 unspecified atom stereocenters. The highest BCUT2D eigenvalue weighted by atomic mass is 16.5. The summed E-state index contributed by atoms with van der Waals surface area (Å²) >= 11 is 0. The largest absolute Gasteiger partial charge is 0.496 e. The molecular formula is C17H29NO. The van der Waals surface area contributed by atoms with E-state index in [1.165, 1.54) is 24.0 Å². The van der Waals surface area contributed by atoms with Crippen molar-refractivity contribution in [3.8, 4) is 5.75 Å². The van der Waals surface area contributed by atoms with E-state index in [0.717, 1.165) is 25.3 Å². The number of rotatable bonds is 8. The quantitative estimate of drug-likeness (QED) is 0.717. The Hall–Kier alpha value is -1.02. The zero-order chi connectivity index (χ0) is 14.3. The molecule has 108 valence electrons. The van der Waals surface area contributed by atoms with Crippen molar-refractivity contribution >= 4 is 0 Å². The Morgan fingerprint density at radius 2 is 1.95 bits per heavy atom. The van der Waals surface area contributed by atoms with Crippen LogP contribution in [-0.2, 0) is 6.42 Å². The summed E-state index contributed by atoms with van der Waals surface area (Å²) in [5, 5.41) is 3.41. The molecule has 2 heteroatoms. The molecule has 1 rings (SSSR count). The Balaban J connectivity index is 2.57. The summed E-state index contributed by atoms with van der Waals surface area (Å²) in [5.74, 6) is 1.02. The lowest BCUT2D eigenvalue weighted by Gasteiger charge is -2.25. The second kappa shape index (κ2) is 7.54. The number of methoxy groups -OCH3 is 1. The van der Waals surface area contributed by atoms with Gasteiger partial charge in [-0.05, 0) is 56.3 Å². The van der Waals surface area contributed by atoms with Crippen LogP contribution < -0.4 is 10.1 Å². The summed E-state index contributed by atoms with van der Waals surface area (Å²) in [6.07, 6.45) is 3.50. The molecule has 0 heterocycles. The van der Waals surface area contributed by atoms with Crippen LogP contribution in [-0.4, -0.2) is 20.2 Å². The molecule has 0 aliphatic rings. The minimum Gasteiger partial charge on any atom is -0.496 e. The van der Waals surface area contributed by atoms with E-state index in [1.807, 2.05) is 0 Å². The van der Waals surface area contributed by atoms with Gasteiger partial charge in [-0.2, -0.15) is 0 Å². The number of hydrogen-bond donors (Lipinski definition) is 1. The molecule has 0 fully saturated rings. The van der Waals surface area contributed by atoms with E-state index < -0.39 is 0 Å². The number of ether oxygens (including phenoxy) is 1. The van der Waals surface area contributed by atoms with E-state index in [1.54, 1.807) is 7.11 Å². The fourth-order valence-corrected chi connectivity index (χ4v) is 2.30. The van der Waals surface area contributed by atoms with Crippen LogP contribution in [0.15, 0.2) is 18.2 Å². The third-order valence-corrected chi connectivity index (χ3v) is 3.74. The maximum absolute atomic E-state index is 5.45. The van der Waals surface area contributed by atoms with Crippen LogP contribution >= 0.6 is 0 Å². The molecule has 2 nitrogen and oxygen atoms in total. The van der Waals surface area contributed by atoms with Crippen LogP contribution in [0.5, 0.6) is 5.75 Å². The first-order valence-corrected chi connectivity index (χ1v) is 7.33. The summed E-state index contributed by atoms with van der Waals surface area (Å²) in [4.78, 5) is 0. The van der Waals surface area contributed by atoms with Crippen LogP contribution in [0.2, 0.25) is 0 Å². The van der Waals surface area contributed by atoms with Crippen molar-refractivity contribution in [3.05, 3.63) is 29.3 Å². The van der Waals surface area contributed by atoms with Crippen LogP contribution in [0.1, 0.15) is 44.7 Å². The summed E-state index contributed by atoms with van der Waals surface area (Å²) < 4.78 is 5.45. The first kappa shape index (κ1) is 16.0. The van der Waals surface area contributed by atoms with Gasteiger partial charge in [-0.15, -0.1) is 0 Å². The fourth-order valence-electron chi connectivity index (χ4n) is 2.30. The maximum atomic E-state index is 5.45. The van der Waals surface area contributed by atoms with E-state index in [9.17, 15) is 0 Å². The third-order valence-electron chi connectivity index (χ3n) is 3.74. The Morgan fingerprint density at radius 1 is 1.21 bits per heavy atom. The molecular weight excluding hydrogens is 234 g/mol. The summed E-state index contributed by atoms with van der Waals surface area (Å²) in [6.45, 7) is 11.2. The van der Waals surface area contributed by atoms with Gasteiger partial charge in [0.25, 0.3) is 0 Å². The van der Waals surface area contributed by atoms with Crippen molar-refractivity contribution in [2.24, 2.45) is 5.41 Å². The smallest absolute Gasteiger partial charge is 0.122 e. The Bertz CT molecular complexity index is 385. The van der Waals surface area contributed by atoms with Gasteiger partial charge >= 0.3 is 0 Å². The second-order valence-electron chi connectivity index (χ2n) is 6.08. The monoisotopic (exact) mass is 263 g/mol. The standard InChI is InChI=1S/C17H29NO/c1-6-18-12-11-17(3,4)10-9-15-13-14(2)7-8-16(15)19-5/h7-8,13,18H,6,9-12H2,1-5H3. The molecule has 0 amide bonds. The van der Waals surface area contributed by atoms with Crippen molar-refractivity contribution < 1.29 is 4.74 Å². The van der Waals surface area contributed by atoms with Crippen molar-refractivity contribution in [2.75, 3.05) is 20.2 Å². The average Bonchev–Trinajstić information content (AvgIpc) is 2.37. The normalized spacial score (nSPS) is 11.6. The molecule has 0 radical (unpaired) electrons. The van der Waals surface area contributed by atoms with Gasteiger partial charge in [-0.3, -0.25) is 0 Å². The molecule has 0 saturated heterocycles. The minimum atomic E-state index is 0.372. The zero-order valence-corrected chi connectivity index (χ0v) is 13.2. The van der Waals surface area contributed by atoms with Gasteiger partial charge in [-0.1, -0.05) is 38.5 Å². The van der Waals surface area contributed by atoms with Crippen molar-refractivity contribution in [1.82, 2.24) is 5.32 Å². The van der Waals surface area contributed by atoms with E-state index in [4.69, 9.17) is 4.74 Å². The van der Waals surface area contributed by atoms with Crippen molar-refractivity contribution in [1.29, 1.82) is 0 Å². The topological polar surface area (TPSA) is 21.3 Å². The Kier molecular flexibility index (Phi) is 6.36. The van der Waals surface area contributed by atoms with Crippen LogP contribution in [0.4, 0.5) is 0 Å². The Morgan fingerprint density at radius 3 is 2.58 bits per heavy atom. The molecule has 0 saturated carbocycles. The number of nitrogens with one attached hydrogen (secondary N) is 1. The van der Waals surface area contributed by atoms with Gasteiger partial charge in [-0.25, -0.2) is 0 Å². The molecule has 0 aliphatic carbocycles. The zero-order valence-electron chi connectivity index (χ0n) is 13.2. The van der Waals surface area contributed by atoms with Crippen LogP contribution in [0.25, 0.3) is 0 Å². The molecule has 0 atom stereocenters. The SMILES string of the molecule is CCNCCC(C)(C)CCc1cc(C)ccc1OC. The lowest BCUT2D eigenvalue weighted by Crippen LogP contribution is -2.22. The van der Waals surface area contributed by atoms with Gasteiger partial charge in [0.2, 0.25) is 0 Å². The highest BCUT2D eigenvalue weighted by molar-refractivity contribution is 5.36. The fraction of sp³-hybridized carbons (Fsp3) is 0.647. The minimum absolute atomic E-state index is 0.372. The average molecular weight is 263 g/mol. The van der Waals surface area contributed by atoms with Gasteiger partial charge in [0.15, 0.2) is 0 Å². The molecule has 1 aromatic carbocycles. The van der Waals surface area contributed by atoms with E-state index in [0.29, 0.717) is 5.41 Å². The first-order valence-electron chi connectivity index (χ1n) is 7.33. The number of benzene rings is 1. The summed E-state index contributed by atoms with van der Waals surface area (Å²) in [7, 11) is 1.75. The summed E-state index contributed by atoms with van der Waals surface area (Å²) in [5.41, 5.74) is 3.01. The molecule has 19 heavy (non-hydrogen) atoms. The van der Waals surface area contributed by atoms with Crippen molar-refractivity contribution in [3.63, 3.8) is 0 Å². The molecule has 0 bridgehead atoms. The van der Waals surface area contributed by atoms with E-state index in [-0.39, 0.29) is 0 Å². The van der Waals surface area contributed by atoms with Crippen molar-refractivity contribution in [2.45, 2.75) is 47.0 Å². The third kappa shape index (κ3) is 5.65. The van der Waals surface area contributed by atoms with Gasteiger partial charge in [0.1, 0.15) is 5.75 Å². The molecule has 0 aliphatic heterocycles. The predicted molar refractivity (Wildman–Crippen MR) is 83.0 cm³/mol. The lowest BCUT2D eigenvalue weighted by molar-refractivity contribution is 0.301. The summed E-state index contributed by atoms with van der Waals surface area (Å²) in [6, 6.07) is 6.44. The van der Waals surface area contributed by atoms with Gasteiger partial charge in [0.05, 0.1) is 7.11 Å². The Labute approximate surface area is 118 Å². The van der Waals surface area contributed by atoms with Gasteiger partial charge in [0, 0.05) is 0 Å². The lowest BCUT2D eigenvalue weighted by atomic mass is 9.83. The molecule has 1 aromatic rings. The molecule has 1 N–H and O–H groups in total. The molecule has 0 spiro atoms. The van der Waals surface area contributed by atoms with Gasteiger partial charge < -0.3 is 10.1 Å². The maximum Gasteiger partial charge on any atom is 0.122 e. The van der Waals surface area contributed by atoms with Crippen LogP contribution in [0, 0.1) is 12.3 Å². The predicted octanol–water partition coefficient (Wildman–Crippen LogP) is 3.96.